The Morgan fingerprint density at radius 2 is 2.55 bits per heavy atom. The zero-order valence-electron chi connectivity index (χ0n) is 6.57. The maximum Gasteiger partial charge on any atom is 0.0815 e. The first kappa shape index (κ1) is 8.23. The van der Waals surface area contributed by atoms with Crippen LogP contribution in [0.1, 0.15) is 18.7 Å². The lowest BCUT2D eigenvalue weighted by molar-refractivity contribution is 0.265. The van der Waals surface area contributed by atoms with Crippen molar-refractivity contribution in [1.82, 2.24) is 9.78 Å². The molecule has 0 bridgehead atoms. The molecule has 0 fully saturated rings. The van der Waals surface area contributed by atoms with Crippen LogP contribution in [-0.4, -0.2) is 21.5 Å². The summed E-state index contributed by atoms with van der Waals surface area (Å²) in [6, 6.07) is 1.48. The maximum absolute atomic E-state index is 8.70. The third-order valence-corrected chi connectivity index (χ3v) is 1.56. The number of hydrogen-bond acceptors (Lipinski definition) is 3. The SMILES string of the molecule is CCn1ccc([C@@H](N)CO)n1. The summed E-state index contributed by atoms with van der Waals surface area (Å²) >= 11 is 0. The Morgan fingerprint density at radius 1 is 1.82 bits per heavy atom. The number of aryl methyl sites for hydroxylation is 1. The van der Waals surface area contributed by atoms with Crippen LogP contribution < -0.4 is 5.73 Å². The van der Waals surface area contributed by atoms with E-state index < -0.39 is 0 Å². The summed E-state index contributed by atoms with van der Waals surface area (Å²) in [5.41, 5.74) is 6.28. The van der Waals surface area contributed by atoms with E-state index in [1.54, 1.807) is 4.68 Å². The monoisotopic (exact) mass is 155 g/mol. The van der Waals surface area contributed by atoms with Crippen molar-refractivity contribution in [3.8, 4) is 0 Å². The van der Waals surface area contributed by atoms with Crippen molar-refractivity contribution in [2.75, 3.05) is 6.61 Å². The smallest absolute Gasteiger partial charge is 0.0815 e. The number of nitrogens with two attached hydrogens (primary N) is 1. The molecule has 0 aliphatic carbocycles. The Labute approximate surface area is 65.6 Å². The third-order valence-electron chi connectivity index (χ3n) is 1.56. The second-order valence-electron chi connectivity index (χ2n) is 2.39. The van der Waals surface area contributed by atoms with Crippen molar-refractivity contribution < 1.29 is 5.11 Å². The number of rotatable bonds is 3. The first-order valence-corrected chi connectivity index (χ1v) is 3.67. The van der Waals surface area contributed by atoms with E-state index in [0.29, 0.717) is 0 Å². The minimum absolute atomic E-state index is 0.0548. The summed E-state index contributed by atoms with van der Waals surface area (Å²) in [4.78, 5) is 0. The molecular weight excluding hydrogens is 142 g/mol. The highest BCUT2D eigenvalue weighted by atomic mass is 16.3. The summed E-state index contributed by atoms with van der Waals surface area (Å²) in [6.45, 7) is 2.78. The van der Waals surface area contributed by atoms with Crippen molar-refractivity contribution in [2.24, 2.45) is 5.73 Å². The highest BCUT2D eigenvalue weighted by Crippen LogP contribution is 2.04. The first-order chi connectivity index (χ1) is 5.27. The quantitative estimate of drug-likeness (QED) is 0.640. The molecule has 1 aromatic heterocycles. The average Bonchev–Trinajstić information content (AvgIpc) is 2.50. The van der Waals surface area contributed by atoms with Gasteiger partial charge in [-0.2, -0.15) is 5.10 Å². The lowest BCUT2D eigenvalue weighted by atomic mass is 10.2. The molecule has 0 amide bonds. The Balaban J connectivity index is 2.71. The maximum atomic E-state index is 8.70. The molecule has 1 rings (SSSR count). The fourth-order valence-corrected chi connectivity index (χ4v) is 0.845. The van der Waals surface area contributed by atoms with Crippen LogP contribution in [0.2, 0.25) is 0 Å². The molecule has 1 atom stereocenters. The minimum Gasteiger partial charge on any atom is -0.394 e. The lowest BCUT2D eigenvalue weighted by Gasteiger charge is -2.02. The highest BCUT2D eigenvalue weighted by Gasteiger charge is 2.06. The van der Waals surface area contributed by atoms with Gasteiger partial charge in [0.15, 0.2) is 0 Å². The fraction of sp³-hybridized carbons (Fsp3) is 0.571. The van der Waals surface area contributed by atoms with Gasteiger partial charge in [-0.25, -0.2) is 0 Å². The molecule has 62 valence electrons. The van der Waals surface area contributed by atoms with Crippen LogP contribution >= 0.6 is 0 Å². The predicted molar refractivity (Wildman–Crippen MR) is 41.9 cm³/mol. The molecule has 0 aromatic carbocycles. The molecule has 0 saturated heterocycles. The number of aliphatic hydroxyl groups excluding tert-OH is 1. The molecule has 0 unspecified atom stereocenters. The van der Waals surface area contributed by atoms with Gasteiger partial charge in [-0.1, -0.05) is 0 Å². The summed E-state index contributed by atoms with van der Waals surface area (Å²) in [7, 11) is 0. The molecule has 0 radical (unpaired) electrons. The first-order valence-electron chi connectivity index (χ1n) is 3.67. The largest absolute Gasteiger partial charge is 0.394 e. The van der Waals surface area contributed by atoms with Gasteiger partial charge in [-0.05, 0) is 13.0 Å². The second kappa shape index (κ2) is 3.50. The lowest BCUT2D eigenvalue weighted by Crippen LogP contribution is -2.15. The standard InChI is InChI=1S/C7H13N3O/c1-2-10-4-3-7(9-10)6(8)5-11/h3-4,6,11H,2,5,8H2,1H3/t6-/m0/s1. The summed E-state index contributed by atoms with van der Waals surface area (Å²) in [6.07, 6.45) is 1.85. The molecule has 1 heterocycles. The molecule has 11 heavy (non-hydrogen) atoms. The van der Waals surface area contributed by atoms with Crippen LogP contribution in [0.25, 0.3) is 0 Å². The van der Waals surface area contributed by atoms with Crippen molar-refractivity contribution in [1.29, 1.82) is 0 Å². The van der Waals surface area contributed by atoms with Gasteiger partial charge in [0.05, 0.1) is 18.3 Å². The number of aliphatic hydroxyl groups is 1. The van der Waals surface area contributed by atoms with Crippen LogP contribution in [0.15, 0.2) is 12.3 Å². The Morgan fingerprint density at radius 3 is 3.00 bits per heavy atom. The highest BCUT2D eigenvalue weighted by molar-refractivity contribution is 5.04. The molecule has 0 aliphatic heterocycles. The van der Waals surface area contributed by atoms with Gasteiger partial charge in [0.2, 0.25) is 0 Å². The molecule has 1 aromatic rings. The van der Waals surface area contributed by atoms with Gasteiger partial charge in [0, 0.05) is 12.7 Å². The van der Waals surface area contributed by atoms with E-state index in [1.165, 1.54) is 0 Å². The van der Waals surface area contributed by atoms with Crippen molar-refractivity contribution >= 4 is 0 Å². The Bertz CT molecular complexity index is 221. The molecule has 3 N–H and O–H groups in total. The van der Waals surface area contributed by atoms with E-state index in [1.807, 2.05) is 19.2 Å². The summed E-state index contributed by atoms with van der Waals surface area (Å²) in [5.74, 6) is 0. The molecule has 0 aliphatic rings. The van der Waals surface area contributed by atoms with Crippen molar-refractivity contribution in [2.45, 2.75) is 19.5 Å². The average molecular weight is 155 g/mol. The third kappa shape index (κ3) is 1.78. The number of aromatic nitrogens is 2. The second-order valence-corrected chi connectivity index (χ2v) is 2.39. The minimum atomic E-state index is -0.345. The predicted octanol–water partition coefficient (Wildman–Crippen LogP) is -0.105. The van der Waals surface area contributed by atoms with E-state index in [9.17, 15) is 0 Å². The molecule has 4 nitrogen and oxygen atoms in total. The topological polar surface area (TPSA) is 64.1 Å². The van der Waals surface area contributed by atoms with Crippen LogP contribution in [0, 0.1) is 0 Å². The zero-order valence-corrected chi connectivity index (χ0v) is 6.57. The number of hydrogen-bond donors (Lipinski definition) is 2. The van der Waals surface area contributed by atoms with Gasteiger partial charge in [0.25, 0.3) is 0 Å². The van der Waals surface area contributed by atoms with Gasteiger partial charge in [0.1, 0.15) is 0 Å². The zero-order chi connectivity index (χ0) is 8.27. The molecular formula is C7H13N3O. The van der Waals surface area contributed by atoms with E-state index in [4.69, 9.17) is 10.8 Å². The molecule has 4 heteroatoms. The summed E-state index contributed by atoms with van der Waals surface area (Å²) in [5, 5.41) is 12.8. The molecule has 0 saturated carbocycles. The van der Waals surface area contributed by atoms with Crippen LogP contribution in [0.5, 0.6) is 0 Å². The van der Waals surface area contributed by atoms with Gasteiger partial charge < -0.3 is 10.8 Å². The Hall–Kier alpha value is -0.870. The van der Waals surface area contributed by atoms with Gasteiger partial charge >= 0.3 is 0 Å². The number of nitrogens with zero attached hydrogens (tertiary/aromatic N) is 2. The Kier molecular flexibility index (Phi) is 2.62. The van der Waals surface area contributed by atoms with E-state index >= 15 is 0 Å². The summed E-state index contributed by atoms with van der Waals surface area (Å²) < 4.78 is 1.78. The molecule has 0 spiro atoms. The normalized spacial score (nSPS) is 13.4. The van der Waals surface area contributed by atoms with Crippen LogP contribution in [-0.2, 0) is 6.54 Å². The fourth-order valence-electron chi connectivity index (χ4n) is 0.845. The van der Waals surface area contributed by atoms with Crippen molar-refractivity contribution in [3.05, 3.63) is 18.0 Å². The van der Waals surface area contributed by atoms with Gasteiger partial charge in [-0.3, -0.25) is 4.68 Å². The van der Waals surface area contributed by atoms with Crippen LogP contribution in [0.3, 0.4) is 0 Å². The van der Waals surface area contributed by atoms with Crippen LogP contribution in [0.4, 0.5) is 0 Å². The van der Waals surface area contributed by atoms with E-state index in [2.05, 4.69) is 5.10 Å². The van der Waals surface area contributed by atoms with E-state index in [-0.39, 0.29) is 12.6 Å². The van der Waals surface area contributed by atoms with Gasteiger partial charge in [-0.15, -0.1) is 0 Å². The van der Waals surface area contributed by atoms with Crippen molar-refractivity contribution in [3.63, 3.8) is 0 Å². The van der Waals surface area contributed by atoms with E-state index in [0.717, 1.165) is 12.2 Å².